The van der Waals surface area contributed by atoms with E-state index in [1.54, 1.807) is 12.5 Å². The average Bonchev–Trinajstić information content (AvgIpc) is 3.30. The number of nitrogens with one attached hydrogen (secondary N) is 1. The van der Waals surface area contributed by atoms with E-state index in [9.17, 15) is 5.11 Å². The highest BCUT2D eigenvalue weighted by molar-refractivity contribution is 6.32. The molecule has 6 nitrogen and oxygen atoms in total. The second-order valence-corrected chi connectivity index (χ2v) is 8.21. The fraction of sp³-hybridized carbons (Fsp3) is 0.375. The van der Waals surface area contributed by atoms with Crippen molar-refractivity contribution in [3.05, 3.63) is 71.8 Å². The van der Waals surface area contributed by atoms with Crippen LogP contribution >= 0.6 is 11.6 Å². The quantitative estimate of drug-likeness (QED) is 0.493. The van der Waals surface area contributed by atoms with Gasteiger partial charge in [-0.05, 0) is 61.2 Å². The van der Waals surface area contributed by atoms with Crippen LogP contribution in [0.25, 0.3) is 0 Å². The van der Waals surface area contributed by atoms with Gasteiger partial charge in [0.05, 0.1) is 24.0 Å². The van der Waals surface area contributed by atoms with E-state index < -0.39 is 0 Å². The molecule has 1 fully saturated rings. The maximum atomic E-state index is 10.1. The summed E-state index contributed by atoms with van der Waals surface area (Å²) in [7, 11) is 0. The van der Waals surface area contributed by atoms with Gasteiger partial charge in [-0.3, -0.25) is 0 Å². The number of hydrogen-bond acceptors (Lipinski definition) is 5. The van der Waals surface area contributed by atoms with Crippen LogP contribution in [-0.4, -0.2) is 33.5 Å². The molecule has 0 radical (unpaired) electrons. The Morgan fingerprint density at radius 2 is 1.97 bits per heavy atom. The molecule has 164 valence electrons. The Morgan fingerprint density at radius 1 is 1.13 bits per heavy atom. The average molecular weight is 442 g/mol. The lowest BCUT2D eigenvalue weighted by Gasteiger charge is -2.28. The molecule has 0 aliphatic heterocycles. The summed E-state index contributed by atoms with van der Waals surface area (Å²) < 4.78 is 13.7. The molecule has 2 aromatic carbocycles. The maximum absolute atomic E-state index is 10.1. The summed E-state index contributed by atoms with van der Waals surface area (Å²) in [6, 6.07) is 13.7. The fourth-order valence-corrected chi connectivity index (χ4v) is 3.95. The van der Waals surface area contributed by atoms with Gasteiger partial charge in [-0.25, -0.2) is 4.98 Å². The molecule has 0 bridgehead atoms. The Bertz CT molecular complexity index is 947. The third-order valence-corrected chi connectivity index (χ3v) is 5.76. The molecule has 0 spiro atoms. The van der Waals surface area contributed by atoms with Gasteiger partial charge in [-0.1, -0.05) is 24.1 Å². The van der Waals surface area contributed by atoms with E-state index >= 15 is 0 Å². The predicted octanol–water partition coefficient (Wildman–Crippen LogP) is 4.91. The van der Waals surface area contributed by atoms with Crippen LogP contribution in [0.15, 0.2) is 61.2 Å². The van der Waals surface area contributed by atoms with Gasteiger partial charge in [0, 0.05) is 24.6 Å². The molecular weight excluding hydrogens is 414 g/mol. The molecule has 1 aliphatic carbocycles. The summed E-state index contributed by atoms with van der Waals surface area (Å²) in [5.41, 5.74) is 2.06. The number of benzene rings is 2. The first-order valence-electron chi connectivity index (χ1n) is 10.7. The molecule has 0 saturated heterocycles. The number of imidazole rings is 1. The number of aromatic nitrogens is 2. The molecule has 0 unspecified atom stereocenters. The van der Waals surface area contributed by atoms with E-state index in [1.807, 2.05) is 53.2 Å². The standard InChI is InChI=1S/C24H28ClN3O3/c25-21-15-18(5-10-23(21)30-14-13-28-12-11-26-17-28)16-27-19-6-8-20(9-7-19)31-24-4-2-1-3-22(24)29/h5-12,15,17,22,24,27,29H,1-4,13-14,16H2/t22-,24-/m1/s1. The number of rotatable bonds is 9. The van der Waals surface area contributed by atoms with E-state index in [0.29, 0.717) is 23.9 Å². The maximum Gasteiger partial charge on any atom is 0.137 e. The largest absolute Gasteiger partial charge is 0.490 e. The van der Waals surface area contributed by atoms with Gasteiger partial charge in [0.15, 0.2) is 0 Å². The van der Waals surface area contributed by atoms with Crippen LogP contribution < -0.4 is 14.8 Å². The highest BCUT2D eigenvalue weighted by atomic mass is 35.5. The number of hydrogen-bond donors (Lipinski definition) is 2. The molecule has 1 saturated carbocycles. The van der Waals surface area contributed by atoms with Gasteiger partial charge in [0.1, 0.15) is 24.2 Å². The van der Waals surface area contributed by atoms with E-state index in [1.165, 1.54) is 0 Å². The Morgan fingerprint density at radius 3 is 2.71 bits per heavy atom. The first kappa shape index (κ1) is 21.5. The zero-order valence-corrected chi connectivity index (χ0v) is 18.2. The van der Waals surface area contributed by atoms with Crippen LogP contribution in [0.1, 0.15) is 31.2 Å². The molecular formula is C24H28ClN3O3. The second kappa shape index (κ2) is 10.6. The lowest BCUT2D eigenvalue weighted by molar-refractivity contribution is 0.00688. The van der Waals surface area contributed by atoms with Gasteiger partial charge in [-0.15, -0.1) is 0 Å². The zero-order valence-electron chi connectivity index (χ0n) is 17.4. The molecule has 0 amide bonds. The molecule has 4 rings (SSSR count). The van der Waals surface area contributed by atoms with Crippen LogP contribution in [0, 0.1) is 0 Å². The first-order chi connectivity index (χ1) is 15.2. The zero-order chi connectivity index (χ0) is 21.5. The van der Waals surface area contributed by atoms with Crippen molar-refractivity contribution in [2.45, 2.75) is 51.0 Å². The minimum absolute atomic E-state index is 0.101. The van der Waals surface area contributed by atoms with Crippen LogP contribution in [0.4, 0.5) is 5.69 Å². The minimum atomic E-state index is -0.367. The van der Waals surface area contributed by atoms with Crippen molar-refractivity contribution < 1.29 is 14.6 Å². The molecule has 2 atom stereocenters. The van der Waals surface area contributed by atoms with Gasteiger partial charge in [-0.2, -0.15) is 0 Å². The van der Waals surface area contributed by atoms with Gasteiger partial charge in [0.2, 0.25) is 0 Å². The Balaban J connectivity index is 1.25. The Kier molecular flexibility index (Phi) is 7.33. The summed E-state index contributed by atoms with van der Waals surface area (Å²) in [5, 5.41) is 14.1. The van der Waals surface area contributed by atoms with Crippen molar-refractivity contribution in [2.24, 2.45) is 0 Å². The van der Waals surface area contributed by atoms with Crippen molar-refractivity contribution in [3.8, 4) is 11.5 Å². The van der Waals surface area contributed by atoms with Gasteiger partial charge < -0.3 is 24.5 Å². The SMILES string of the molecule is O[C@@H]1CCCC[C@H]1Oc1ccc(NCc2ccc(OCCn3ccnc3)c(Cl)c2)cc1. The fourth-order valence-electron chi connectivity index (χ4n) is 3.70. The van der Waals surface area contributed by atoms with Crippen LogP contribution in [0.5, 0.6) is 11.5 Å². The molecule has 3 aromatic rings. The smallest absolute Gasteiger partial charge is 0.137 e. The molecule has 2 N–H and O–H groups in total. The van der Waals surface area contributed by atoms with Crippen molar-refractivity contribution >= 4 is 17.3 Å². The lowest BCUT2D eigenvalue weighted by Crippen LogP contribution is -2.34. The number of nitrogens with zero attached hydrogens (tertiary/aromatic N) is 2. The van der Waals surface area contributed by atoms with E-state index in [0.717, 1.165) is 49.2 Å². The van der Waals surface area contributed by atoms with Crippen molar-refractivity contribution in [1.82, 2.24) is 9.55 Å². The molecule has 31 heavy (non-hydrogen) atoms. The summed E-state index contributed by atoms with van der Waals surface area (Å²) >= 11 is 6.39. The lowest BCUT2D eigenvalue weighted by atomic mass is 9.95. The van der Waals surface area contributed by atoms with Crippen molar-refractivity contribution in [2.75, 3.05) is 11.9 Å². The number of anilines is 1. The number of aliphatic hydroxyl groups excluding tert-OH is 1. The van der Waals surface area contributed by atoms with Crippen LogP contribution in [0.2, 0.25) is 5.02 Å². The molecule has 1 aliphatic rings. The van der Waals surface area contributed by atoms with Crippen LogP contribution in [-0.2, 0) is 13.1 Å². The number of halogens is 1. The highest BCUT2D eigenvalue weighted by Crippen LogP contribution is 2.27. The Labute approximate surface area is 187 Å². The third-order valence-electron chi connectivity index (χ3n) is 5.47. The summed E-state index contributed by atoms with van der Waals surface area (Å²) in [4.78, 5) is 4.01. The van der Waals surface area contributed by atoms with Gasteiger partial charge in [0.25, 0.3) is 0 Å². The van der Waals surface area contributed by atoms with Gasteiger partial charge >= 0.3 is 0 Å². The van der Waals surface area contributed by atoms with Crippen molar-refractivity contribution in [3.63, 3.8) is 0 Å². The topological polar surface area (TPSA) is 68.5 Å². The summed E-state index contributed by atoms with van der Waals surface area (Å²) in [6.45, 7) is 1.90. The molecule has 7 heteroatoms. The summed E-state index contributed by atoms with van der Waals surface area (Å²) in [6.07, 6.45) is 8.85. The third kappa shape index (κ3) is 6.15. The van der Waals surface area contributed by atoms with E-state index in [4.69, 9.17) is 21.1 Å². The molecule has 1 heterocycles. The highest BCUT2D eigenvalue weighted by Gasteiger charge is 2.24. The number of aliphatic hydroxyl groups is 1. The van der Waals surface area contributed by atoms with E-state index in [2.05, 4.69) is 10.3 Å². The van der Waals surface area contributed by atoms with E-state index in [-0.39, 0.29) is 12.2 Å². The second-order valence-electron chi connectivity index (χ2n) is 7.80. The van der Waals surface area contributed by atoms with Crippen LogP contribution in [0.3, 0.4) is 0 Å². The summed E-state index contributed by atoms with van der Waals surface area (Å²) in [5.74, 6) is 1.47. The monoisotopic (exact) mass is 441 g/mol. The normalized spacial score (nSPS) is 18.5. The Hall–Kier alpha value is -2.70. The number of ether oxygens (including phenoxy) is 2. The minimum Gasteiger partial charge on any atom is -0.490 e. The molecule has 1 aromatic heterocycles. The van der Waals surface area contributed by atoms with Crippen molar-refractivity contribution in [1.29, 1.82) is 0 Å². The first-order valence-corrected chi connectivity index (χ1v) is 11.1. The predicted molar refractivity (Wildman–Crippen MR) is 122 cm³/mol.